The normalized spacial score (nSPS) is 23.1. The quantitative estimate of drug-likeness (QED) is 0.740. The molecule has 1 rings (SSSR count). The summed E-state index contributed by atoms with van der Waals surface area (Å²) in [7, 11) is 0. The topological polar surface area (TPSA) is 69.8 Å². The lowest BCUT2D eigenvalue weighted by Crippen LogP contribution is -2.57. The van der Waals surface area contributed by atoms with Crippen LogP contribution in [-0.2, 0) is 4.79 Å². The standard InChI is InChI=1S/C13H27N3O2S.ClH/c1-10-8-16(6-5-15(10)9-11(2)17)13(18)12(14)4-7-19-3;/h10-12,17H,4-9,14H2,1-3H3;1H/t10?,11?,12-;/m0./s1. The van der Waals surface area contributed by atoms with Gasteiger partial charge in [-0.3, -0.25) is 9.69 Å². The van der Waals surface area contributed by atoms with Gasteiger partial charge in [-0.2, -0.15) is 11.8 Å². The van der Waals surface area contributed by atoms with E-state index in [1.165, 1.54) is 0 Å². The molecule has 5 nitrogen and oxygen atoms in total. The number of amides is 1. The van der Waals surface area contributed by atoms with Crippen molar-refractivity contribution >= 4 is 30.1 Å². The number of aliphatic hydroxyl groups is 1. The number of aliphatic hydroxyl groups excluding tert-OH is 1. The second kappa shape index (κ2) is 9.84. The third kappa shape index (κ3) is 6.18. The number of β-amino-alcohol motifs (C(OH)–C–C–N with tert-alkyl or cyclic N) is 1. The fourth-order valence-electron chi connectivity index (χ4n) is 2.41. The molecule has 3 atom stereocenters. The van der Waals surface area contributed by atoms with Gasteiger partial charge >= 0.3 is 0 Å². The van der Waals surface area contributed by atoms with Crippen LogP contribution in [0.3, 0.4) is 0 Å². The molecule has 0 aliphatic carbocycles. The molecular formula is C13H28ClN3O2S. The summed E-state index contributed by atoms with van der Waals surface area (Å²) in [6.45, 7) is 6.79. The van der Waals surface area contributed by atoms with Gasteiger partial charge in [0.1, 0.15) is 0 Å². The Bertz CT molecular complexity index is 295. The van der Waals surface area contributed by atoms with E-state index in [2.05, 4.69) is 11.8 Å². The van der Waals surface area contributed by atoms with Gasteiger partial charge in [-0.1, -0.05) is 0 Å². The van der Waals surface area contributed by atoms with Gasteiger partial charge in [-0.25, -0.2) is 0 Å². The summed E-state index contributed by atoms with van der Waals surface area (Å²) in [5.74, 6) is 0.988. The first kappa shape index (κ1) is 20.0. The number of thioether (sulfide) groups is 1. The summed E-state index contributed by atoms with van der Waals surface area (Å²) >= 11 is 1.72. The third-order valence-corrected chi connectivity index (χ3v) is 4.17. The zero-order chi connectivity index (χ0) is 14.4. The highest BCUT2D eigenvalue weighted by atomic mass is 35.5. The average Bonchev–Trinajstić information content (AvgIpc) is 2.37. The first-order chi connectivity index (χ1) is 8.95. The van der Waals surface area contributed by atoms with E-state index in [-0.39, 0.29) is 36.5 Å². The van der Waals surface area contributed by atoms with E-state index < -0.39 is 0 Å². The molecule has 1 aliphatic heterocycles. The Morgan fingerprint density at radius 1 is 1.50 bits per heavy atom. The first-order valence-corrected chi connectivity index (χ1v) is 8.30. The van der Waals surface area contributed by atoms with Crippen LogP contribution in [0.1, 0.15) is 20.3 Å². The van der Waals surface area contributed by atoms with Crippen LogP contribution in [0.2, 0.25) is 0 Å². The molecule has 1 saturated heterocycles. The van der Waals surface area contributed by atoms with Crippen molar-refractivity contribution in [1.82, 2.24) is 9.80 Å². The molecule has 1 amide bonds. The van der Waals surface area contributed by atoms with Crippen LogP contribution in [0.25, 0.3) is 0 Å². The molecule has 20 heavy (non-hydrogen) atoms. The number of carbonyl (C=O) groups excluding carboxylic acids is 1. The fraction of sp³-hybridized carbons (Fsp3) is 0.923. The smallest absolute Gasteiger partial charge is 0.239 e. The van der Waals surface area contributed by atoms with Gasteiger partial charge in [-0.15, -0.1) is 12.4 Å². The van der Waals surface area contributed by atoms with Crippen LogP contribution in [-0.4, -0.2) is 77.2 Å². The Morgan fingerprint density at radius 3 is 2.65 bits per heavy atom. The molecule has 1 aliphatic rings. The summed E-state index contributed by atoms with van der Waals surface area (Å²) in [6, 6.07) is -0.0944. The minimum absolute atomic E-state index is 0. The maximum atomic E-state index is 12.2. The predicted octanol–water partition coefficient (Wildman–Crippen LogP) is 0.402. The Kier molecular flexibility index (Phi) is 9.84. The lowest BCUT2D eigenvalue weighted by Gasteiger charge is -2.41. The minimum atomic E-state index is -0.372. The number of hydrogen-bond acceptors (Lipinski definition) is 5. The highest BCUT2D eigenvalue weighted by Crippen LogP contribution is 2.12. The number of carbonyl (C=O) groups is 1. The van der Waals surface area contributed by atoms with Crippen molar-refractivity contribution in [2.24, 2.45) is 5.73 Å². The number of piperazine rings is 1. The molecule has 120 valence electrons. The first-order valence-electron chi connectivity index (χ1n) is 6.91. The van der Waals surface area contributed by atoms with Gasteiger partial charge < -0.3 is 15.7 Å². The molecule has 1 fully saturated rings. The van der Waals surface area contributed by atoms with Crippen molar-refractivity contribution in [3.05, 3.63) is 0 Å². The number of hydrogen-bond donors (Lipinski definition) is 2. The lowest BCUT2D eigenvalue weighted by molar-refractivity contribution is -0.135. The van der Waals surface area contributed by atoms with Crippen molar-refractivity contribution in [2.75, 3.05) is 38.2 Å². The number of halogens is 1. The highest BCUT2D eigenvalue weighted by Gasteiger charge is 2.29. The molecule has 0 radical (unpaired) electrons. The summed E-state index contributed by atoms with van der Waals surface area (Å²) in [6.07, 6.45) is 2.43. The van der Waals surface area contributed by atoms with Gasteiger partial charge in [0.15, 0.2) is 0 Å². The van der Waals surface area contributed by atoms with Gasteiger partial charge in [0.25, 0.3) is 0 Å². The molecule has 0 aromatic heterocycles. The maximum absolute atomic E-state index is 12.2. The molecule has 2 unspecified atom stereocenters. The number of rotatable bonds is 6. The molecule has 0 spiro atoms. The molecule has 1 heterocycles. The van der Waals surface area contributed by atoms with Crippen molar-refractivity contribution < 1.29 is 9.90 Å². The van der Waals surface area contributed by atoms with Crippen molar-refractivity contribution in [1.29, 1.82) is 0 Å². The van der Waals surface area contributed by atoms with Crippen LogP contribution >= 0.6 is 24.2 Å². The van der Waals surface area contributed by atoms with E-state index in [0.717, 1.165) is 18.7 Å². The summed E-state index contributed by atoms with van der Waals surface area (Å²) < 4.78 is 0. The van der Waals surface area contributed by atoms with Crippen LogP contribution in [0.15, 0.2) is 0 Å². The van der Waals surface area contributed by atoms with Crippen LogP contribution in [0, 0.1) is 0 Å². The van der Waals surface area contributed by atoms with Crippen LogP contribution in [0.4, 0.5) is 0 Å². The highest BCUT2D eigenvalue weighted by molar-refractivity contribution is 7.98. The van der Waals surface area contributed by atoms with E-state index in [0.29, 0.717) is 19.6 Å². The Balaban J connectivity index is 0.00000361. The van der Waals surface area contributed by atoms with E-state index in [9.17, 15) is 9.90 Å². The maximum Gasteiger partial charge on any atom is 0.239 e. The number of nitrogens with two attached hydrogens (primary N) is 1. The third-order valence-electron chi connectivity index (χ3n) is 3.53. The molecular weight excluding hydrogens is 298 g/mol. The summed E-state index contributed by atoms with van der Waals surface area (Å²) in [4.78, 5) is 16.3. The van der Waals surface area contributed by atoms with Crippen molar-refractivity contribution in [3.8, 4) is 0 Å². The van der Waals surface area contributed by atoms with Crippen LogP contribution in [0.5, 0.6) is 0 Å². The van der Waals surface area contributed by atoms with Gasteiger partial charge in [0.2, 0.25) is 5.91 Å². The van der Waals surface area contributed by atoms with Gasteiger partial charge in [0, 0.05) is 32.2 Å². The largest absolute Gasteiger partial charge is 0.392 e. The molecule has 0 saturated carbocycles. The zero-order valence-electron chi connectivity index (χ0n) is 12.6. The molecule has 7 heteroatoms. The second-order valence-corrected chi connectivity index (χ2v) is 6.35. The second-order valence-electron chi connectivity index (χ2n) is 5.37. The van der Waals surface area contributed by atoms with Crippen LogP contribution < -0.4 is 5.73 Å². The zero-order valence-corrected chi connectivity index (χ0v) is 14.3. The summed E-state index contributed by atoms with van der Waals surface area (Å²) in [5, 5.41) is 9.44. The Hall–Kier alpha value is -0.0100. The average molecular weight is 326 g/mol. The monoisotopic (exact) mass is 325 g/mol. The molecule has 0 bridgehead atoms. The van der Waals surface area contributed by atoms with Crippen molar-refractivity contribution in [3.63, 3.8) is 0 Å². The van der Waals surface area contributed by atoms with E-state index in [4.69, 9.17) is 5.73 Å². The lowest BCUT2D eigenvalue weighted by atomic mass is 10.1. The Labute approximate surface area is 132 Å². The fourth-order valence-corrected chi connectivity index (χ4v) is 2.90. The molecule has 3 N–H and O–H groups in total. The number of nitrogens with zero attached hydrogens (tertiary/aromatic N) is 2. The summed E-state index contributed by atoms with van der Waals surface area (Å²) in [5.41, 5.74) is 5.94. The minimum Gasteiger partial charge on any atom is -0.392 e. The Morgan fingerprint density at radius 2 is 2.15 bits per heavy atom. The van der Waals surface area contributed by atoms with Crippen molar-refractivity contribution in [2.45, 2.75) is 38.5 Å². The predicted molar refractivity (Wildman–Crippen MR) is 87.5 cm³/mol. The van der Waals surface area contributed by atoms with E-state index in [1.54, 1.807) is 18.7 Å². The van der Waals surface area contributed by atoms with E-state index in [1.807, 2.05) is 11.2 Å². The molecule has 0 aromatic carbocycles. The van der Waals surface area contributed by atoms with Gasteiger partial charge in [-0.05, 0) is 32.3 Å². The van der Waals surface area contributed by atoms with Gasteiger partial charge in [0.05, 0.1) is 12.1 Å². The van der Waals surface area contributed by atoms with E-state index >= 15 is 0 Å². The SMILES string of the molecule is CSCC[C@H](N)C(=O)N1CCN(CC(C)O)C(C)C1.Cl. The molecule has 0 aromatic rings.